The molecule has 0 radical (unpaired) electrons. The standard InChI is InChI=1S/C15H17FN2OS/c1-18(9-12-6-7-20-11-12)10-15(19)17-8-13-4-2-3-5-14(13)16/h2-7,11H,8-10H2,1H3,(H,17,19). The Morgan fingerprint density at radius 3 is 2.85 bits per heavy atom. The molecule has 2 rings (SSSR count). The van der Waals surface area contributed by atoms with E-state index in [0.717, 1.165) is 6.54 Å². The van der Waals surface area contributed by atoms with Gasteiger partial charge in [-0.1, -0.05) is 18.2 Å². The van der Waals surface area contributed by atoms with E-state index in [2.05, 4.69) is 10.7 Å². The Labute approximate surface area is 122 Å². The van der Waals surface area contributed by atoms with Gasteiger partial charge in [0.1, 0.15) is 5.82 Å². The Balaban J connectivity index is 1.76. The molecule has 0 unspecified atom stereocenters. The fourth-order valence-electron chi connectivity index (χ4n) is 1.89. The molecule has 0 aliphatic rings. The maximum atomic E-state index is 13.4. The Morgan fingerprint density at radius 1 is 1.35 bits per heavy atom. The lowest BCUT2D eigenvalue weighted by Gasteiger charge is -2.15. The number of likely N-dealkylation sites (N-methyl/N-ethyl adjacent to an activating group) is 1. The molecule has 0 aliphatic heterocycles. The van der Waals surface area contributed by atoms with Crippen molar-refractivity contribution in [1.29, 1.82) is 0 Å². The van der Waals surface area contributed by atoms with Gasteiger partial charge >= 0.3 is 0 Å². The van der Waals surface area contributed by atoms with Crippen LogP contribution in [0.15, 0.2) is 41.1 Å². The Kier molecular flexibility index (Phi) is 5.26. The average molecular weight is 292 g/mol. The number of hydrogen-bond acceptors (Lipinski definition) is 3. The fraction of sp³-hybridized carbons (Fsp3) is 0.267. The maximum Gasteiger partial charge on any atom is 0.234 e. The van der Waals surface area contributed by atoms with E-state index in [0.29, 0.717) is 12.1 Å². The highest BCUT2D eigenvalue weighted by Gasteiger charge is 2.08. The summed E-state index contributed by atoms with van der Waals surface area (Å²) in [5.41, 5.74) is 1.70. The number of carbonyl (C=O) groups is 1. The summed E-state index contributed by atoms with van der Waals surface area (Å²) in [5, 5.41) is 6.81. The van der Waals surface area contributed by atoms with Gasteiger partial charge in [0.05, 0.1) is 6.54 Å². The van der Waals surface area contributed by atoms with Gasteiger partial charge < -0.3 is 5.32 Å². The highest BCUT2D eigenvalue weighted by molar-refractivity contribution is 7.07. The summed E-state index contributed by atoms with van der Waals surface area (Å²) in [4.78, 5) is 13.7. The molecule has 20 heavy (non-hydrogen) atoms. The van der Waals surface area contributed by atoms with Crippen LogP contribution in [0, 0.1) is 5.82 Å². The second kappa shape index (κ2) is 7.17. The number of thiophene rings is 1. The van der Waals surface area contributed by atoms with E-state index in [1.165, 1.54) is 11.6 Å². The third kappa shape index (κ3) is 4.43. The third-order valence-corrected chi connectivity index (χ3v) is 3.61. The number of nitrogens with one attached hydrogen (secondary N) is 1. The molecule has 0 atom stereocenters. The first-order valence-electron chi connectivity index (χ1n) is 6.35. The second-order valence-electron chi connectivity index (χ2n) is 4.67. The average Bonchev–Trinajstić information content (AvgIpc) is 2.90. The van der Waals surface area contributed by atoms with Gasteiger partial charge in [-0.3, -0.25) is 9.69 Å². The minimum Gasteiger partial charge on any atom is -0.351 e. The summed E-state index contributed by atoms with van der Waals surface area (Å²) in [6, 6.07) is 8.50. The number of halogens is 1. The van der Waals surface area contributed by atoms with Gasteiger partial charge in [0.15, 0.2) is 0 Å². The van der Waals surface area contributed by atoms with Gasteiger partial charge in [-0.25, -0.2) is 4.39 Å². The van der Waals surface area contributed by atoms with E-state index in [4.69, 9.17) is 0 Å². The van der Waals surface area contributed by atoms with Gasteiger partial charge in [0.25, 0.3) is 0 Å². The molecule has 1 aromatic carbocycles. The first kappa shape index (κ1) is 14.7. The smallest absolute Gasteiger partial charge is 0.234 e. The molecule has 0 bridgehead atoms. The summed E-state index contributed by atoms with van der Waals surface area (Å²) in [6.45, 7) is 1.25. The van der Waals surface area contributed by atoms with Crippen molar-refractivity contribution < 1.29 is 9.18 Å². The SMILES string of the molecule is CN(CC(=O)NCc1ccccc1F)Cc1ccsc1. The molecule has 2 aromatic rings. The van der Waals surface area contributed by atoms with Crippen molar-refractivity contribution in [3.8, 4) is 0 Å². The summed E-state index contributed by atoms with van der Waals surface area (Å²) in [7, 11) is 1.89. The molecule has 1 aromatic heterocycles. The van der Waals surface area contributed by atoms with Crippen LogP contribution in [-0.2, 0) is 17.9 Å². The van der Waals surface area contributed by atoms with E-state index >= 15 is 0 Å². The molecular formula is C15H17FN2OS. The van der Waals surface area contributed by atoms with Gasteiger partial charge in [0, 0.05) is 18.7 Å². The van der Waals surface area contributed by atoms with E-state index in [-0.39, 0.29) is 18.3 Å². The Morgan fingerprint density at radius 2 is 2.15 bits per heavy atom. The zero-order valence-corrected chi connectivity index (χ0v) is 12.1. The van der Waals surface area contributed by atoms with Crippen LogP contribution in [0.3, 0.4) is 0 Å². The van der Waals surface area contributed by atoms with Gasteiger partial charge in [-0.2, -0.15) is 11.3 Å². The molecule has 3 nitrogen and oxygen atoms in total. The minimum absolute atomic E-state index is 0.106. The topological polar surface area (TPSA) is 32.3 Å². The first-order chi connectivity index (χ1) is 9.65. The molecule has 5 heteroatoms. The van der Waals surface area contributed by atoms with Crippen molar-refractivity contribution in [2.75, 3.05) is 13.6 Å². The van der Waals surface area contributed by atoms with Crippen LogP contribution in [0.5, 0.6) is 0 Å². The van der Waals surface area contributed by atoms with E-state index < -0.39 is 0 Å². The van der Waals surface area contributed by atoms with Gasteiger partial charge in [-0.15, -0.1) is 0 Å². The monoisotopic (exact) mass is 292 g/mol. The third-order valence-electron chi connectivity index (χ3n) is 2.88. The number of nitrogens with zero attached hydrogens (tertiary/aromatic N) is 1. The molecule has 1 amide bonds. The minimum atomic E-state index is -0.292. The van der Waals surface area contributed by atoms with Crippen molar-refractivity contribution in [2.45, 2.75) is 13.1 Å². The number of hydrogen-bond donors (Lipinski definition) is 1. The molecular weight excluding hydrogens is 275 g/mol. The molecule has 0 saturated carbocycles. The molecule has 0 aliphatic carbocycles. The van der Waals surface area contributed by atoms with Crippen LogP contribution in [0.1, 0.15) is 11.1 Å². The number of amides is 1. The van der Waals surface area contributed by atoms with Crippen molar-refractivity contribution >= 4 is 17.2 Å². The Hall–Kier alpha value is -1.72. The lowest BCUT2D eigenvalue weighted by atomic mass is 10.2. The quantitative estimate of drug-likeness (QED) is 0.887. The lowest BCUT2D eigenvalue weighted by Crippen LogP contribution is -2.34. The van der Waals surface area contributed by atoms with E-state index in [1.54, 1.807) is 29.5 Å². The molecule has 1 N–H and O–H groups in total. The van der Waals surface area contributed by atoms with Crippen LogP contribution in [0.4, 0.5) is 4.39 Å². The van der Waals surface area contributed by atoms with Gasteiger partial charge in [-0.05, 0) is 35.5 Å². The van der Waals surface area contributed by atoms with E-state index in [1.807, 2.05) is 23.4 Å². The van der Waals surface area contributed by atoms with Crippen LogP contribution >= 0.6 is 11.3 Å². The molecule has 1 heterocycles. The molecule has 0 saturated heterocycles. The molecule has 0 fully saturated rings. The summed E-state index contributed by atoms with van der Waals surface area (Å²) >= 11 is 1.64. The highest BCUT2D eigenvalue weighted by atomic mass is 32.1. The zero-order chi connectivity index (χ0) is 14.4. The molecule has 106 valence electrons. The largest absolute Gasteiger partial charge is 0.351 e. The summed E-state index contributed by atoms with van der Waals surface area (Å²) in [6.07, 6.45) is 0. The first-order valence-corrected chi connectivity index (χ1v) is 7.29. The van der Waals surface area contributed by atoms with Gasteiger partial charge in [0.2, 0.25) is 5.91 Å². The van der Waals surface area contributed by atoms with Crippen LogP contribution in [-0.4, -0.2) is 24.4 Å². The predicted molar refractivity (Wildman–Crippen MR) is 78.9 cm³/mol. The lowest BCUT2D eigenvalue weighted by molar-refractivity contribution is -0.122. The van der Waals surface area contributed by atoms with Crippen LogP contribution in [0.2, 0.25) is 0 Å². The maximum absolute atomic E-state index is 13.4. The zero-order valence-electron chi connectivity index (χ0n) is 11.3. The fourth-order valence-corrected chi connectivity index (χ4v) is 2.55. The summed E-state index contributed by atoms with van der Waals surface area (Å²) < 4.78 is 13.4. The van der Waals surface area contributed by atoms with Crippen LogP contribution in [0.25, 0.3) is 0 Å². The Bertz CT molecular complexity index is 557. The predicted octanol–water partition coefficient (Wildman–Crippen LogP) is 2.64. The van der Waals surface area contributed by atoms with Crippen molar-refractivity contribution in [2.24, 2.45) is 0 Å². The highest BCUT2D eigenvalue weighted by Crippen LogP contribution is 2.08. The summed E-state index contributed by atoms with van der Waals surface area (Å²) in [5.74, 6) is -0.398. The number of carbonyl (C=O) groups excluding carboxylic acids is 1. The normalized spacial score (nSPS) is 10.8. The molecule has 0 spiro atoms. The van der Waals surface area contributed by atoms with E-state index in [9.17, 15) is 9.18 Å². The van der Waals surface area contributed by atoms with Crippen molar-refractivity contribution in [3.63, 3.8) is 0 Å². The van der Waals surface area contributed by atoms with Crippen LogP contribution < -0.4 is 5.32 Å². The number of benzene rings is 1. The second-order valence-corrected chi connectivity index (χ2v) is 5.45. The van der Waals surface area contributed by atoms with Crippen molar-refractivity contribution in [1.82, 2.24) is 10.2 Å². The number of rotatable bonds is 6. The van der Waals surface area contributed by atoms with Crippen molar-refractivity contribution in [3.05, 3.63) is 58.0 Å².